The van der Waals surface area contributed by atoms with Crippen molar-refractivity contribution in [3.63, 3.8) is 0 Å². The molecule has 1 nitrogen and oxygen atoms in total. The van der Waals surface area contributed by atoms with Gasteiger partial charge < -0.3 is 5.11 Å². The number of benzene rings is 1. The number of hydrogen-bond donors (Lipinski definition) is 1. The Morgan fingerprint density at radius 1 is 1.18 bits per heavy atom. The van der Waals surface area contributed by atoms with E-state index in [9.17, 15) is 5.11 Å². The molecule has 0 aromatic heterocycles. The third-order valence-electron chi connectivity index (χ3n) is 3.38. The predicted octanol–water partition coefficient (Wildman–Crippen LogP) is 5.24. The second kappa shape index (κ2) is 6.62. The van der Waals surface area contributed by atoms with Crippen molar-refractivity contribution in [1.29, 1.82) is 0 Å². The van der Waals surface area contributed by atoms with Crippen molar-refractivity contribution >= 4 is 22.6 Å². The summed E-state index contributed by atoms with van der Waals surface area (Å²) in [5.41, 5.74) is 1.54. The number of phenolic OH excluding ortho intramolecular Hbond substituents is 1. The zero-order chi connectivity index (χ0) is 12.9. The lowest BCUT2D eigenvalue weighted by molar-refractivity contribution is 0.442. The Kier molecular flexibility index (Phi) is 5.77. The molecule has 1 aromatic rings. The van der Waals surface area contributed by atoms with E-state index in [1.54, 1.807) is 0 Å². The number of halogens is 1. The number of rotatable bonds is 6. The number of hydrogen-bond acceptors (Lipinski definition) is 1. The molecule has 0 saturated carbocycles. The minimum Gasteiger partial charge on any atom is -0.507 e. The smallest absolute Gasteiger partial charge is 0.128 e. The summed E-state index contributed by atoms with van der Waals surface area (Å²) >= 11 is 2.19. The van der Waals surface area contributed by atoms with Gasteiger partial charge in [-0.2, -0.15) is 0 Å². The molecule has 1 aromatic carbocycles. The first-order chi connectivity index (χ1) is 7.97. The zero-order valence-electron chi connectivity index (χ0n) is 11.1. The molecule has 0 unspecified atom stereocenters. The molecular formula is C15H23IO. The first-order valence-corrected chi connectivity index (χ1v) is 7.54. The molecular weight excluding hydrogens is 323 g/mol. The van der Waals surface area contributed by atoms with Gasteiger partial charge in [-0.05, 0) is 52.1 Å². The first-order valence-electron chi connectivity index (χ1n) is 6.46. The molecule has 1 rings (SSSR count). The summed E-state index contributed by atoms with van der Waals surface area (Å²) in [5.74, 6) is 0.385. The molecule has 0 atom stereocenters. The van der Waals surface area contributed by atoms with Gasteiger partial charge in [0.05, 0.1) is 3.57 Å². The van der Waals surface area contributed by atoms with E-state index in [0.29, 0.717) is 5.75 Å². The molecule has 0 aliphatic heterocycles. The van der Waals surface area contributed by atoms with Crippen LogP contribution in [0.2, 0.25) is 0 Å². The van der Waals surface area contributed by atoms with Gasteiger partial charge in [0, 0.05) is 0 Å². The largest absolute Gasteiger partial charge is 0.507 e. The maximum Gasteiger partial charge on any atom is 0.128 e. The van der Waals surface area contributed by atoms with E-state index >= 15 is 0 Å². The van der Waals surface area contributed by atoms with Crippen molar-refractivity contribution in [3.8, 4) is 5.75 Å². The molecule has 0 aliphatic carbocycles. The van der Waals surface area contributed by atoms with Crippen LogP contribution in [0.5, 0.6) is 5.75 Å². The van der Waals surface area contributed by atoms with E-state index in [1.165, 1.54) is 37.7 Å². The molecule has 1 N–H and O–H groups in total. The van der Waals surface area contributed by atoms with Gasteiger partial charge in [0.1, 0.15) is 5.75 Å². The van der Waals surface area contributed by atoms with Crippen LogP contribution in [0, 0.1) is 3.57 Å². The van der Waals surface area contributed by atoms with Crippen LogP contribution in [-0.2, 0) is 5.41 Å². The predicted molar refractivity (Wildman–Crippen MR) is 82.6 cm³/mol. The van der Waals surface area contributed by atoms with Gasteiger partial charge in [-0.25, -0.2) is 0 Å². The minimum atomic E-state index is 0.210. The molecule has 2 heteroatoms. The van der Waals surface area contributed by atoms with Crippen LogP contribution >= 0.6 is 22.6 Å². The van der Waals surface area contributed by atoms with Crippen molar-refractivity contribution in [3.05, 3.63) is 27.3 Å². The molecule has 0 amide bonds. The van der Waals surface area contributed by atoms with Crippen molar-refractivity contribution in [2.45, 2.75) is 58.3 Å². The van der Waals surface area contributed by atoms with E-state index in [1.807, 2.05) is 6.07 Å². The normalized spacial score (nSPS) is 11.8. The molecule has 0 bridgehead atoms. The first kappa shape index (κ1) is 14.8. The van der Waals surface area contributed by atoms with Gasteiger partial charge in [0.25, 0.3) is 0 Å². The monoisotopic (exact) mass is 346 g/mol. The zero-order valence-corrected chi connectivity index (χ0v) is 13.3. The van der Waals surface area contributed by atoms with Gasteiger partial charge in [-0.1, -0.05) is 52.5 Å². The Hall–Kier alpha value is -0.250. The second-order valence-corrected chi connectivity index (χ2v) is 6.52. The topological polar surface area (TPSA) is 20.2 Å². The molecule has 0 aliphatic rings. The Morgan fingerprint density at radius 2 is 1.88 bits per heavy atom. The summed E-state index contributed by atoms with van der Waals surface area (Å²) in [6.45, 7) is 6.83. The van der Waals surface area contributed by atoms with Crippen molar-refractivity contribution in [1.82, 2.24) is 0 Å². The Bertz CT molecular complexity index is 358. The van der Waals surface area contributed by atoms with Crippen molar-refractivity contribution < 1.29 is 5.11 Å². The fourth-order valence-corrected chi connectivity index (χ4v) is 2.58. The van der Waals surface area contributed by atoms with E-state index in [-0.39, 0.29) is 5.41 Å². The minimum absolute atomic E-state index is 0.210. The Morgan fingerprint density at radius 3 is 2.47 bits per heavy atom. The van der Waals surface area contributed by atoms with Crippen LogP contribution in [-0.4, -0.2) is 5.11 Å². The highest BCUT2D eigenvalue weighted by atomic mass is 127. The summed E-state index contributed by atoms with van der Waals surface area (Å²) in [6, 6.07) is 5.97. The van der Waals surface area contributed by atoms with Crippen LogP contribution in [0.4, 0.5) is 0 Å². The van der Waals surface area contributed by atoms with Gasteiger partial charge in [-0.15, -0.1) is 0 Å². The van der Waals surface area contributed by atoms with E-state index in [2.05, 4.69) is 55.5 Å². The lowest BCUT2D eigenvalue weighted by Gasteiger charge is -2.25. The summed E-state index contributed by atoms with van der Waals surface area (Å²) < 4.78 is 0.946. The average Bonchev–Trinajstić information content (AvgIpc) is 2.28. The molecule has 0 spiro atoms. The number of unbranched alkanes of at least 4 members (excludes halogenated alkanes) is 3. The second-order valence-electron chi connectivity index (χ2n) is 5.36. The molecule has 17 heavy (non-hydrogen) atoms. The molecule has 0 fully saturated rings. The standard InChI is InChI=1S/C15H23IO/c1-4-5-6-7-10-15(2,3)12-8-9-14(17)13(16)11-12/h8-9,11,17H,4-7,10H2,1-3H3. The lowest BCUT2D eigenvalue weighted by atomic mass is 9.80. The molecule has 0 heterocycles. The van der Waals surface area contributed by atoms with Crippen LogP contribution < -0.4 is 0 Å². The van der Waals surface area contributed by atoms with Gasteiger partial charge in [-0.3, -0.25) is 0 Å². The van der Waals surface area contributed by atoms with Crippen LogP contribution in [0.15, 0.2) is 18.2 Å². The quantitative estimate of drug-likeness (QED) is 0.551. The fourth-order valence-electron chi connectivity index (χ4n) is 2.07. The fraction of sp³-hybridized carbons (Fsp3) is 0.600. The van der Waals surface area contributed by atoms with Crippen LogP contribution in [0.1, 0.15) is 58.4 Å². The third kappa shape index (κ3) is 4.49. The Balaban J connectivity index is 2.64. The van der Waals surface area contributed by atoms with Gasteiger partial charge in [0.15, 0.2) is 0 Å². The summed E-state index contributed by atoms with van der Waals surface area (Å²) in [4.78, 5) is 0. The van der Waals surface area contributed by atoms with Crippen molar-refractivity contribution in [2.75, 3.05) is 0 Å². The van der Waals surface area contributed by atoms with Crippen LogP contribution in [0.25, 0.3) is 0 Å². The van der Waals surface area contributed by atoms with E-state index in [4.69, 9.17) is 0 Å². The van der Waals surface area contributed by atoms with Gasteiger partial charge in [0.2, 0.25) is 0 Å². The summed E-state index contributed by atoms with van der Waals surface area (Å²) in [5, 5.41) is 9.55. The highest BCUT2D eigenvalue weighted by molar-refractivity contribution is 14.1. The third-order valence-corrected chi connectivity index (χ3v) is 4.25. The Labute approximate surface area is 119 Å². The number of phenols is 1. The maximum absolute atomic E-state index is 9.55. The van der Waals surface area contributed by atoms with Crippen LogP contribution in [0.3, 0.4) is 0 Å². The summed E-state index contributed by atoms with van der Waals surface area (Å²) in [7, 11) is 0. The highest BCUT2D eigenvalue weighted by Crippen LogP contribution is 2.32. The van der Waals surface area contributed by atoms with E-state index < -0.39 is 0 Å². The lowest BCUT2D eigenvalue weighted by Crippen LogP contribution is -2.17. The molecule has 0 saturated heterocycles. The maximum atomic E-state index is 9.55. The van der Waals surface area contributed by atoms with Gasteiger partial charge >= 0.3 is 0 Å². The highest BCUT2D eigenvalue weighted by Gasteiger charge is 2.20. The van der Waals surface area contributed by atoms with Crippen molar-refractivity contribution in [2.24, 2.45) is 0 Å². The molecule has 0 radical (unpaired) electrons. The molecule has 96 valence electrons. The van der Waals surface area contributed by atoms with E-state index in [0.717, 1.165) is 3.57 Å². The number of aromatic hydroxyl groups is 1. The summed E-state index contributed by atoms with van der Waals surface area (Å²) in [6.07, 6.45) is 6.46. The average molecular weight is 346 g/mol. The SMILES string of the molecule is CCCCCCC(C)(C)c1ccc(O)c(I)c1.